The van der Waals surface area contributed by atoms with E-state index in [0.717, 1.165) is 17.2 Å². The minimum Gasteiger partial charge on any atom is -0.390 e. The summed E-state index contributed by atoms with van der Waals surface area (Å²) in [5.74, 6) is -1.62. The van der Waals surface area contributed by atoms with Crippen molar-refractivity contribution in [2.75, 3.05) is 13.1 Å². The van der Waals surface area contributed by atoms with Crippen LogP contribution in [0.25, 0.3) is 5.57 Å². The third-order valence-electron chi connectivity index (χ3n) is 6.01. The Morgan fingerprint density at radius 1 is 1.27 bits per heavy atom. The van der Waals surface area contributed by atoms with E-state index in [1.54, 1.807) is 29.3 Å². The Bertz CT molecular complexity index is 893. The summed E-state index contributed by atoms with van der Waals surface area (Å²) >= 11 is 0. The Hall–Kier alpha value is -2.93. The molecule has 30 heavy (non-hydrogen) atoms. The lowest BCUT2D eigenvalue weighted by Crippen LogP contribution is -2.46. The lowest BCUT2D eigenvalue weighted by molar-refractivity contribution is -0.124. The zero-order valence-corrected chi connectivity index (χ0v) is 17.3. The summed E-state index contributed by atoms with van der Waals surface area (Å²) in [6.45, 7) is 4.89. The summed E-state index contributed by atoms with van der Waals surface area (Å²) in [5.41, 5.74) is 6.65. The number of hydrogen-bond donors (Lipinski definition) is 2. The number of nitrogens with two attached hydrogens (primary N) is 1. The summed E-state index contributed by atoms with van der Waals surface area (Å²) in [7, 11) is 0. The van der Waals surface area contributed by atoms with Gasteiger partial charge in [0.25, 0.3) is 11.8 Å². The van der Waals surface area contributed by atoms with Crippen molar-refractivity contribution in [3.63, 3.8) is 0 Å². The first-order valence-electron chi connectivity index (χ1n) is 10.2. The van der Waals surface area contributed by atoms with Gasteiger partial charge in [0.2, 0.25) is 0 Å². The summed E-state index contributed by atoms with van der Waals surface area (Å²) in [6, 6.07) is 6.94. The van der Waals surface area contributed by atoms with Crippen LogP contribution in [0, 0.1) is 0 Å². The van der Waals surface area contributed by atoms with Crippen LogP contribution >= 0.6 is 0 Å². The molecule has 0 radical (unpaired) electrons. The first-order chi connectivity index (χ1) is 14.2. The number of allylic oxidation sites excluding steroid dienone is 2. The smallest absolute Gasteiger partial charge is 0.255 e. The number of rotatable bonds is 4. The Balaban J connectivity index is 1.70. The predicted octanol–water partition coefficient (Wildman–Crippen LogP) is 2.96. The Kier molecular flexibility index (Phi) is 6.41. The quantitative estimate of drug-likeness (QED) is 0.587. The molecule has 1 aromatic carbocycles. The highest BCUT2D eigenvalue weighted by Crippen LogP contribution is 2.28. The molecule has 0 aliphatic carbocycles. The molecule has 3 N–H and O–H groups in total. The van der Waals surface area contributed by atoms with Gasteiger partial charge in [-0.2, -0.15) is 4.39 Å². The fourth-order valence-electron chi connectivity index (χ4n) is 3.92. The van der Waals surface area contributed by atoms with Crippen molar-refractivity contribution in [1.29, 1.82) is 0 Å². The molecule has 1 aromatic rings. The van der Waals surface area contributed by atoms with Crippen LogP contribution in [-0.4, -0.2) is 51.5 Å². The summed E-state index contributed by atoms with van der Waals surface area (Å²) in [4.78, 5) is 28.2. The number of carbonyl (C=O) groups excluding carboxylic acids is 2. The second kappa shape index (κ2) is 8.83. The average molecular weight is 413 g/mol. The molecule has 2 aliphatic rings. The third-order valence-corrected chi connectivity index (χ3v) is 6.01. The van der Waals surface area contributed by atoms with E-state index in [1.807, 2.05) is 32.1 Å². The number of piperidine rings is 1. The number of aliphatic hydroxyl groups is 1. The summed E-state index contributed by atoms with van der Waals surface area (Å²) < 4.78 is 12.9. The maximum atomic E-state index is 12.9. The Labute approximate surface area is 176 Å². The molecular formula is C23H28FN3O3. The van der Waals surface area contributed by atoms with E-state index in [4.69, 9.17) is 5.73 Å². The van der Waals surface area contributed by atoms with Crippen LogP contribution in [-0.2, 0) is 4.79 Å². The van der Waals surface area contributed by atoms with Crippen LogP contribution in [0.3, 0.4) is 0 Å². The van der Waals surface area contributed by atoms with Crippen molar-refractivity contribution >= 4 is 17.4 Å². The van der Waals surface area contributed by atoms with Crippen molar-refractivity contribution in [2.24, 2.45) is 5.73 Å². The SMILES string of the molecule is CCC1(O)CCN(C(=O)c2ccc(C3=CC=CN(C(=O)/C=C(\N)F)C3C)cc2)CC1. The molecular weight excluding hydrogens is 385 g/mol. The number of likely N-dealkylation sites (tertiary alicyclic amines) is 1. The largest absolute Gasteiger partial charge is 0.390 e. The Morgan fingerprint density at radius 2 is 1.90 bits per heavy atom. The molecule has 0 saturated carbocycles. The van der Waals surface area contributed by atoms with E-state index in [2.05, 4.69) is 0 Å². The van der Waals surface area contributed by atoms with E-state index in [-0.39, 0.29) is 11.9 Å². The van der Waals surface area contributed by atoms with Crippen molar-refractivity contribution in [3.8, 4) is 0 Å². The molecule has 1 unspecified atom stereocenters. The average Bonchev–Trinajstić information content (AvgIpc) is 2.73. The van der Waals surface area contributed by atoms with Gasteiger partial charge in [-0.05, 0) is 55.5 Å². The van der Waals surface area contributed by atoms with Crippen molar-refractivity contribution in [3.05, 3.63) is 65.8 Å². The van der Waals surface area contributed by atoms with Crippen molar-refractivity contribution < 1.29 is 19.1 Å². The van der Waals surface area contributed by atoms with Gasteiger partial charge in [-0.1, -0.05) is 25.1 Å². The van der Waals surface area contributed by atoms with Crippen LogP contribution in [0.4, 0.5) is 4.39 Å². The number of halogens is 1. The second-order valence-corrected chi connectivity index (χ2v) is 7.86. The van der Waals surface area contributed by atoms with Gasteiger partial charge >= 0.3 is 0 Å². The Morgan fingerprint density at radius 3 is 2.47 bits per heavy atom. The molecule has 3 rings (SSSR count). The molecule has 6 nitrogen and oxygen atoms in total. The van der Waals surface area contributed by atoms with Gasteiger partial charge in [-0.3, -0.25) is 9.59 Å². The third kappa shape index (κ3) is 4.62. The van der Waals surface area contributed by atoms with Gasteiger partial charge in [0.1, 0.15) is 0 Å². The number of hydrogen-bond acceptors (Lipinski definition) is 4. The first kappa shape index (κ1) is 21.8. The molecule has 2 aliphatic heterocycles. The fourth-order valence-corrected chi connectivity index (χ4v) is 3.92. The molecule has 160 valence electrons. The monoisotopic (exact) mass is 413 g/mol. The summed E-state index contributed by atoms with van der Waals surface area (Å²) in [6.07, 6.45) is 7.82. The normalized spacial score (nSPS) is 21.4. The van der Waals surface area contributed by atoms with Gasteiger partial charge in [-0.25, -0.2) is 0 Å². The maximum absolute atomic E-state index is 12.9. The fraction of sp³-hybridized carbons (Fsp3) is 0.391. The van der Waals surface area contributed by atoms with E-state index in [9.17, 15) is 19.1 Å². The number of carbonyl (C=O) groups is 2. The highest BCUT2D eigenvalue weighted by molar-refractivity contribution is 5.95. The molecule has 1 fully saturated rings. The minimum absolute atomic E-state index is 0.0503. The minimum atomic E-state index is -1.03. The van der Waals surface area contributed by atoms with Gasteiger partial charge < -0.3 is 20.6 Å². The number of amides is 2. The second-order valence-electron chi connectivity index (χ2n) is 7.86. The predicted molar refractivity (Wildman–Crippen MR) is 114 cm³/mol. The van der Waals surface area contributed by atoms with Gasteiger partial charge in [0, 0.05) is 24.9 Å². The first-order valence-corrected chi connectivity index (χ1v) is 10.2. The zero-order chi connectivity index (χ0) is 21.9. The van der Waals surface area contributed by atoms with Gasteiger partial charge in [0.05, 0.1) is 17.7 Å². The van der Waals surface area contributed by atoms with E-state index >= 15 is 0 Å². The summed E-state index contributed by atoms with van der Waals surface area (Å²) in [5, 5.41) is 10.4. The van der Waals surface area contributed by atoms with Crippen LogP contribution < -0.4 is 5.73 Å². The van der Waals surface area contributed by atoms with Crippen LogP contribution in [0.5, 0.6) is 0 Å². The molecule has 0 bridgehead atoms. The number of nitrogens with zero attached hydrogens (tertiary/aromatic N) is 2. The van der Waals surface area contributed by atoms with Crippen molar-refractivity contribution in [2.45, 2.75) is 44.8 Å². The molecule has 0 aromatic heterocycles. The molecule has 2 heterocycles. The lowest BCUT2D eigenvalue weighted by Gasteiger charge is -2.37. The molecule has 7 heteroatoms. The van der Waals surface area contributed by atoms with Crippen LogP contribution in [0.15, 0.2) is 54.6 Å². The highest BCUT2D eigenvalue weighted by atomic mass is 19.1. The maximum Gasteiger partial charge on any atom is 0.255 e. The highest BCUT2D eigenvalue weighted by Gasteiger charge is 2.32. The lowest BCUT2D eigenvalue weighted by atomic mass is 9.88. The van der Waals surface area contributed by atoms with Gasteiger partial charge in [-0.15, -0.1) is 0 Å². The number of benzene rings is 1. The topological polar surface area (TPSA) is 86.9 Å². The molecule has 1 atom stereocenters. The van der Waals surface area contributed by atoms with E-state index in [0.29, 0.717) is 37.9 Å². The van der Waals surface area contributed by atoms with Gasteiger partial charge in [0.15, 0.2) is 5.95 Å². The standard InChI is InChI=1S/C23H28FN3O3/c1-3-23(30)10-13-26(14-11-23)22(29)18-8-6-17(7-9-18)19-5-4-12-27(16(19)2)21(28)15-20(24)25/h4-9,12,15-16,30H,3,10-11,13-14,25H2,1-2H3/b20-15-. The molecule has 1 saturated heterocycles. The van der Waals surface area contributed by atoms with Crippen LogP contribution in [0.1, 0.15) is 49.0 Å². The van der Waals surface area contributed by atoms with Crippen LogP contribution in [0.2, 0.25) is 0 Å². The molecule has 2 amide bonds. The van der Waals surface area contributed by atoms with E-state index in [1.165, 1.54) is 4.90 Å². The zero-order valence-electron chi connectivity index (χ0n) is 17.3. The van der Waals surface area contributed by atoms with E-state index < -0.39 is 17.5 Å². The molecule has 0 spiro atoms. The van der Waals surface area contributed by atoms with Crippen molar-refractivity contribution in [1.82, 2.24) is 9.80 Å².